The molecule has 0 aliphatic rings. The van der Waals surface area contributed by atoms with Gasteiger partial charge in [-0.15, -0.1) is 5.10 Å². The summed E-state index contributed by atoms with van der Waals surface area (Å²) in [5.74, 6) is 0.987. The predicted octanol–water partition coefficient (Wildman–Crippen LogP) is 0.679. The van der Waals surface area contributed by atoms with Crippen LogP contribution >= 0.6 is 0 Å². The fourth-order valence-corrected chi connectivity index (χ4v) is 1.91. The number of aryl methyl sites for hydroxylation is 2. The van der Waals surface area contributed by atoms with Crippen LogP contribution < -0.4 is 5.32 Å². The molecule has 100 valence electrons. The summed E-state index contributed by atoms with van der Waals surface area (Å²) in [4.78, 5) is 3.93. The highest BCUT2D eigenvalue weighted by Crippen LogP contribution is 2.17. The Bertz CT molecular complexity index is 615. The average molecular weight is 259 g/mol. The first-order valence-electron chi connectivity index (χ1n) is 6.11. The molecule has 0 unspecified atom stereocenters. The zero-order chi connectivity index (χ0) is 14.0. The van der Waals surface area contributed by atoms with E-state index in [-0.39, 0.29) is 5.82 Å². The van der Waals surface area contributed by atoms with E-state index in [0.717, 1.165) is 17.1 Å². The van der Waals surface area contributed by atoms with E-state index in [9.17, 15) is 0 Å². The number of aromatic nitrogens is 5. The normalized spacial score (nSPS) is 10.9. The van der Waals surface area contributed by atoms with E-state index in [1.807, 2.05) is 20.0 Å². The molecule has 0 aliphatic heterocycles. The van der Waals surface area contributed by atoms with Crippen LogP contribution in [0.25, 0.3) is 5.82 Å². The van der Waals surface area contributed by atoms with Crippen LogP contribution in [0.5, 0.6) is 0 Å². The molecule has 0 aliphatic carbocycles. The first-order chi connectivity index (χ1) is 9.02. The van der Waals surface area contributed by atoms with Crippen molar-refractivity contribution in [1.29, 1.82) is 5.26 Å². The molecule has 2 aromatic rings. The Hall–Kier alpha value is -2.20. The van der Waals surface area contributed by atoms with E-state index in [0.29, 0.717) is 12.6 Å². The Kier molecular flexibility index (Phi) is 3.62. The maximum Gasteiger partial charge on any atom is 0.252 e. The van der Waals surface area contributed by atoms with Crippen LogP contribution in [-0.4, -0.2) is 30.6 Å². The van der Waals surface area contributed by atoms with E-state index in [4.69, 9.17) is 5.26 Å². The molecule has 0 aromatic carbocycles. The summed E-state index contributed by atoms with van der Waals surface area (Å²) in [6.07, 6.45) is 1.54. The number of rotatable bonds is 4. The van der Waals surface area contributed by atoms with Crippen LogP contribution in [-0.2, 0) is 13.6 Å². The maximum atomic E-state index is 8.79. The molecule has 0 atom stereocenters. The van der Waals surface area contributed by atoms with Gasteiger partial charge in [0.15, 0.2) is 5.82 Å². The zero-order valence-electron chi connectivity index (χ0n) is 11.5. The molecule has 0 saturated carbocycles. The Balaban J connectivity index is 2.41. The third kappa shape index (κ3) is 2.63. The molecule has 0 bridgehead atoms. The van der Waals surface area contributed by atoms with Gasteiger partial charge in [-0.25, -0.2) is 9.67 Å². The minimum absolute atomic E-state index is 0.154. The average Bonchev–Trinajstić information content (AvgIpc) is 2.91. The van der Waals surface area contributed by atoms with Crippen molar-refractivity contribution in [3.63, 3.8) is 0 Å². The second-order valence-electron chi connectivity index (χ2n) is 4.67. The summed E-state index contributed by atoms with van der Waals surface area (Å²) in [7, 11) is 1.86. The van der Waals surface area contributed by atoms with Crippen molar-refractivity contribution in [2.75, 3.05) is 0 Å². The van der Waals surface area contributed by atoms with Crippen LogP contribution in [0.15, 0.2) is 6.33 Å². The van der Waals surface area contributed by atoms with E-state index in [1.165, 1.54) is 6.33 Å². The van der Waals surface area contributed by atoms with Crippen molar-refractivity contribution >= 4 is 0 Å². The van der Waals surface area contributed by atoms with Crippen LogP contribution in [0.3, 0.4) is 0 Å². The smallest absolute Gasteiger partial charge is 0.252 e. The second-order valence-corrected chi connectivity index (χ2v) is 4.67. The highest BCUT2D eigenvalue weighted by Gasteiger charge is 2.16. The van der Waals surface area contributed by atoms with E-state index in [2.05, 4.69) is 34.3 Å². The fourth-order valence-electron chi connectivity index (χ4n) is 1.91. The van der Waals surface area contributed by atoms with Crippen LogP contribution in [0.4, 0.5) is 0 Å². The van der Waals surface area contributed by atoms with Crippen LogP contribution in [0.1, 0.15) is 30.9 Å². The summed E-state index contributed by atoms with van der Waals surface area (Å²) >= 11 is 0. The molecule has 0 fully saturated rings. The van der Waals surface area contributed by atoms with E-state index >= 15 is 0 Å². The molecule has 7 nitrogen and oxygen atoms in total. The predicted molar refractivity (Wildman–Crippen MR) is 69.6 cm³/mol. The number of nitrogens with zero attached hydrogens (tertiary/aromatic N) is 6. The monoisotopic (exact) mass is 259 g/mol. The third-order valence-corrected chi connectivity index (χ3v) is 2.81. The van der Waals surface area contributed by atoms with Gasteiger partial charge in [0.05, 0.1) is 5.69 Å². The standard InChI is InChI=1S/C12H17N7/c1-8(2)14-6-10-9(3)16-18(4)12(10)19-7-15-11(5-13)17-19/h7-8,14H,6H2,1-4H3. The summed E-state index contributed by atoms with van der Waals surface area (Å²) in [5.41, 5.74) is 2.00. The highest BCUT2D eigenvalue weighted by molar-refractivity contribution is 5.37. The topological polar surface area (TPSA) is 84.3 Å². The summed E-state index contributed by atoms with van der Waals surface area (Å²) in [6, 6.07) is 2.31. The minimum atomic E-state index is 0.154. The van der Waals surface area contributed by atoms with Crippen molar-refractivity contribution in [1.82, 2.24) is 29.9 Å². The van der Waals surface area contributed by atoms with Gasteiger partial charge in [-0.05, 0) is 6.92 Å². The Labute approximate surface area is 111 Å². The fraction of sp³-hybridized carbons (Fsp3) is 0.500. The van der Waals surface area contributed by atoms with Gasteiger partial charge in [0.25, 0.3) is 5.82 Å². The SMILES string of the molecule is Cc1nn(C)c(-n2cnc(C#N)n2)c1CNC(C)C. The second kappa shape index (κ2) is 5.20. The van der Waals surface area contributed by atoms with E-state index in [1.54, 1.807) is 9.36 Å². The van der Waals surface area contributed by atoms with Gasteiger partial charge >= 0.3 is 0 Å². The molecule has 1 N–H and O–H groups in total. The van der Waals surface area contributed by atoms with E-state index < -0.39 is 0 Å². The third-order valence-electron chi connectivity index (χ3n) is 2.81. The summed E-state index contributed by atoms with van der Waals surface area (Å²) < 4.78 is 3.35. The largest absolute Gasteiger partial charge is 0.310 e. The minimum Gasteiger partial charge on any atom is -0.310 e. The molecule has 19 heavy (non-hydrogen) atoms. The summed E-state index contributed by atoms with van der Waals surface area (Å²) in [5, 5.41) is 20.7. The molecular weight excluding hydrogens is 242 g/mol. The zero-order valence-corrected chi connectivity index (χ0v) is 11.5. The molecular formula is C12H17N7. The lowest BCUT2D eigenvalue weighted by molar-refractivity contribution is 0.583. The van der Waals surface area contributed by atoms with Gasteiger partial charge in [0.1, 0.15) is 12.4 Å². The number of nitriles is 1. The Morgan fingerprint density at radius 1 is 1.42 bits per heavy atom. The molecule has 0 radical (unpaired) electrons. The van der Waals surface area contributed by atoms with Crippen molar-refractivity contribution in [3.8, 4) is 11.9 Å². The Morgan fingerprint density at radius 3 is 2.74 bits per heavy atom. The number of nitrogens with one attached hydrogen (secondary N) is 1. The molecule has 2 heterocycles. The van der Waals surface area contributed by atoms with Gasteiger partial charge in [-0.2, -0.15) is 10.4 Å². The van der Waals surface area contributed by atoms with Gasteiger partial charge in [-0.3, -0.25) is 4.68 Å². The molecule has 2 rings (SSSR count). The quantitative estimate of drug-likeness (QED) is 0.872. The van der Waals surface area contributed by atoms with Crippen LogP contribution in [0.2, 0.25) is 0 Å². The highest BCUT2D eigenvalue weighted by atomic mass is 15.4. The summed E-state index contributed by atoms with van der Waals surface area (Å²) in [6.45, 7) is 6.85. The van der Waals surface area contributed by atoms with Crippen molar-refractivity contribution < 1.29 is 0 Å². The van der Waals surface area contributed by atoms with Gasteiger partial charge in [0.2, 0.25) is 0 Å². The van der Waals surface area contributed by atoms with Gasteiger partial charge in [0, 0.05) is 25.2 Å². The molecule has 7 heteroatoms. The van der Waals surface area contributed by atoms with Crippen molar-refractivity contribution in [3.05, 3.63) is 23.4 Å². The molecule has 0 spiro atoms. The van der Waals surface area contributed by atoms with Crippen LogP contribution in [0, 0.1) is 18.3 Å². The number of hydrogen-bond donors (Lipinski definition) is 1. The number of hydrogen-bond acceptors (Lipinski definition) is 5. The molecule has 0 saturated heterocycles. The van der Waals surface area contributed by atoms with Gasteiger partial charge < -0.3 is 5.32 Å². The molecule has 2 aromatic heterocycles. The lowest BCUT2D eigenvalue weighted by atomic mass is 10.2. The lowest BCUT2D eigenvalue weighted by Gasteiger charge is -2.09. The maximum absolute atomic E-state index is 8.79. The van der Waals surface area contributed by atoms with Crippen molar-refractivity contribution in [2.24, 2.45) is 7.05 Å². The van der Waals surface area contributed by atoms with Gasteiger partial charge in [-0.1, -0.05) is 13.8 Å². The Morgan fingerprint density at radius 2 is 2.16 bits per heavy atom. The molecule has 0 amide bonds. The van der Waals surface area contributed by atoms with Crippen molar-refractivity contribution in [2.45, 2.75) is 33.4 Å². The first-order valence-corrected chi connectivity index (χ1v) is 6.11. The first kappa shape index (κ1) is 13.2. The lowest BCUT2D eigenvalue weighted by Crippen LogP contribution is -2.23.